The standard InChI is InChI=1S/C14H16ClN3O4/c1-22-12-7-11-10(6-9(12)15)16-13(19)18(11)8-2-4-17(5-3-8)14(20)21/h6-8H,2-5H2,1H3,(H,16,19)(H,20,21). The molecule has 0 unspecified atom stereocenters. The number of nitrogens with one attached hydrogen (secondary N) is 1. The first-order chi connectivity index (χ1) is 10.5. The van der Waals surface area contributed by atoms with E-state index in [1.165, 1.54) is 12.0 Å². The van der Waals surface area contributed by atoms with Gasteiger partial charge in [-0.05, 0) is 18.9 Å². The Labute approximate surface area is 131 Å². The Morgan fingerprint density at radius 3 is 2.68 bits per heavy atom. The van der Waals surface area contributed by atoms with Crippen molar-refractivity contribution in [2.45, 2.75) is 18.9 Å². The summed E-state index contributed by atoms with van der Waals surface area (Å²) in [7, 11) is 1.52. The lowest BCUT2D eigenvalue weighted by Gasteiger charge is -2.30. The number of rotatable bonds is 2. The number of carboxylic acid groups (broad SMARTS) is 1. The van der Waals surface area contributed by atoms with E-state index in [0.29, 0.717) is 42.2 Å². The van der Waals surface area contributed by atoms with Gasteiger partial charge in [0.2, 0.25) is 0 Å². The molecule has 118 valence electrons. The molecule has 2 aromatic rings. The molecule has 3 rings (SSSR count). The zero-order valence-corrected chi connectivity index (χ0v) is 12.8. The summed E-state index contributed by atoms with van der Waals surface area (Å²) in [6.45, 7) is 0.841. The van der Waals surface area contributed by atoms with Gasteiger partial charge in [0.05, 0.1) is 23.2 Å². The lowest BCUT2D eigenvalue weighted by atomic mass is 10.0. The normalized spacial score (nSPS) is 16.2. The van der Waals surface area contributed by atoms with Crippen LogP contribution in [0.2, 0.25) is 5.02 Å². The molecule has 2 heterocycles. The minimum atomic E-state index is -0.918. The van der Waals surface area contributed by atoms with Crippen molar-refractivity contribution in [2.75, 3.05) is 20.2 Å². The zero-order chi connectivity index (χ0) is 15.9. The largest absolute Gasteiger partial charge is 0.495 e. The van der Waals surface area contributed by atoms with Crippen LogP contribution >= 0.6 is 11.6 Å². The van der Waals surface area contributed by atoms with Gasteiger partial charge in [-0.2, -0.15) is 0 Å². The maximum Gasteiger partial charge on any atom is 0.407 e. The Bertz CT molecular complexity index is 774. The van der Waals surface area contributed by atoms with Crippen molar-refractivity contribution in [1.82, 2.24) is 14.5 Å². The Morgan fingerprint density at radius 2 is 2.09 bits per heavy atom. The van der Waals surface area contributed by atoms with Crippen LogP contribution in [-0.2, 0) is 0 Å². The minimum Gasteiger partial charge on any atom is -0.495 e. The first-order valence-corrected chi connectivity index (χ1v) is 7.34. The van der Waals surface area contributed by atoms with E-state index in [2.05, 4.69) is 4.98 Å². The van der Waals surface area contributed by atoms with Gasteiger partial charge >= 0.3 is 11.8 Å². The Kier molecular flexibility index (Phi) is 3.74. The third-order valence-electron chi connectivity index (χ3n) is 4.09. The van der Waals surface area contributed by atoms with Crippen molar-refractivity contribution in [2.24, 2.45) is 0 Å². The summed E-state index contributed by atoms with van der Waals surface area (Å²) in [5.41, 5.74) is 1.16. The lowest BCUT2D eigenvalue weighted by Crippen LogP contribution is -2.39. The van der Waals surface area contributed by atoms with Crippen LogP contribution in [0.4, 0.5) is 4.79 Å². The highest BCUT2D eigenvalue weighted by Gasteiger charge is 2.26. The van der Waals surface area contributed by atoms with Gasteiger partial charge in [-0.15, -0.1) is 0 Å². The van der Waals surface area contributed by atoms with Crippen LogP contribution in [-0.4, -0.2) is 45.9 Å². The number of ether oxygens (including phenoxy) is 1. The summed E-state index contributed by atoms with van der Waals surface area (Å²) in [4.78, 5) is 27.4. The number of fused-ring (bicyclic) bond motifs is 1. The molecule has 22 heavy (non-hydrogen) atoms. The number of methoxy groups -OCH3 is 1. The molecular weight excluding hydrogens is 310 g/mol. The van der Waals surface area contributed by atoms with E-state index >= 15 is 0 Å². The van der Waals surface area contributed by atoms with E-state index in [-0.39, 0.29) is 11.7 Å². The molecule has 8 heteroatoms. The topological polar surface area (TPSA) is 87.6 Å². The van der Waals surface area contributed by atoms with Gasteiger partial charge in [0.1, 0.15) is 5.75 Å². The van der Waals surface area contributed by atoms with Gasteiger partial charge < -0.3 is 19.7 Å². The molecule has 1 aliphatic heterocycles. The van der Waals surface area contributed by atoms with Gasteiger partial charge in [-0.1, -0.05) is 11.6 Å². The third kappa shape index (κ3) is 2.41. The number of amides is 1. The van der Waals surface area contributed by atoms with E-state index < -0.39 is 6.09 Å². The molecule has 1 aromatic carbocycles. The Morgan fingerprint density at radius 1 is 1.41 bits per heavy atom. The molecule has 1 fully saturated rings. The van der Waals surface area contributed by atoms with Crippen LogP contribution in [0.15, 0.2) is 16.9 Å². The summed E-state index contributed by atoms with van der Waals surface area (Å²) in [5, 5.41) is 9.43. The maximum absolute atomic E-state index is 12.3. The van der Waals surface area contributed by atoms with Crippen LogP contribution < -0.4 is 10.4 Å². The van der Waals surface area contributed by atoms with Crippen molar-refractivity contribution in [3.8, 4) is 5.75 Å². The van der Waals surface area contributed by atoms with Crippen molar-refractivity contribution < 1.29 is 14.6 Å². The van der Waals surface area contributed by atoms with Crippen LogP contribution in [0.1, 0.15) is 18.9 Å². The molecule has 1 aromatic heterocycles. The molecule has 0 bridgehead atoms. The van der Waals surface area contributed by atoms with Crippen LogP contribution in [0, 0.1) is 0 Å². The molecule has 1 saturated heterocycles. The number of piperidine rings is 1. The number of aromatic nitrogens is 2. The number of H-pyrrole nitrogens is 1. The number of hydrogen-bond donors (Lipinski definition) is 2. The predicted molar refractivity (Wildman–Crippen MR) is 82.0 cm³/mol. The average Bonchev–Trinajstić information content (AvgIpc) is 2.81. The molecule has 0 radical (unpaired) electrons. The SMILES string of the molecule is COc1cc2c(cc1Cl)[nH]c(=O)n2C1CCN(C(=O)O)CC1. The number of likely N-dealkylation sites (tertiary alicyclic amines) is 1. The minimum absolute atomic E-state index is 0.0391. The summed E-state index contributed by atoms with van der Waals surface area (Å²) in [6.07, 6.45) is 0.284. The quantitative estimate of drug-likeness (QED) is 0.887. The van der Waals surface area contributed by atoms with Gasteiger partial charge in [0.15, 0.2) is 0 Å². The smallest absolute Gasteiger partial charge is 0.407 e. The second kappa shape index (κ2) is 5.57. The molecular formula is C14H16ClN3O4. The van der Waals surface area contributed by atoms with E-state index in [0.717, 1.165) is 5.52 Å². The van der Waals surface area contributed by atoms with Crippen LogP contribution in [0.5, 0.6) is 5.75 Å². The van der Waals surface area contributed by atoms with Crippen molar-refractivity contribution in [3.05, 3.63) is 27.6 Å². The maximum atomic E-state index is 12.3. The molecule has 0 atom stereocenters. The molecule has 0 aliphatic carbocycles. The number of benzene rings is 1. The van der Waals surface area contributed by atoms with Gasteiger partial charge in [0.25, 0.3) is 0 Å². The number of imidazole rings is 1. The molecule has 1 amide bonds. The fraction of sp³-hybridized carbons (Fsp3) is 0.429. The molecule has 2 N–H and O–H groups in total. The summed E-state index contributed by atoms with van der Waals surface area (Å²) < 4.78 is 6.88. The molecule has 7 nitrogen and oxygen atoms in total. The van der Waals surface area contributed by atoms with Gasteiger partial charge in [0, 0.05) is 25.2 Å². The van der Waals surface area contributed by atoms with Crippen molar-refractivity contribution in [3.63, 3.8) is 0 Å². The number of nitrogens with zero attached hydrogens (tertiary/aromatic N) is 2. The van der Waals surface area contributed by atoms with E-state index in [1.54, 1.807) is 16.7 Å². The molecule has 1 aliphatic rings. The monoisotopic (exact) mass is 325 g/mol. The van der Waals surface area contributed by atoms with Crippen molar-refractivity contribution >= 4 is 28.7 Å². The van der Waals surface area contributed by atoms with Crippen LogP contribution in [0.25, 0.3) is 11.0 Å². The first-order valence-electron chi connectivity index (χ1n) is 6.97. The first kappa shape index (κ1) is 14.8. The average molecular weight is 326 g/mol. The lowest BCUT2D eigenvalue weighted by molar-refractivity contribution is 0.125. The fourth-order valence-corrected chi connectivity index (χ4v) is 3.20. The Hall–Kier alpha value is -2.15. The predicted octanol–water partition coefficient (Wildman–Crippen LogP) is 2.31. The summed E-state index contributed by atoms with van der Waals surface area (Å²) in [6, 6.07) is 3.36. The second-order valence-electron chi connectivity index (χ2n) is 5.30. The zero-order valence-electron chi connectivity index (χ0n) is 12.0. The number of carbonyl (C=O) groups is 1. The number of aromatic amines is 1. The van der Waals surface area contributed by atoms with E-state index in [4.69, 9.17) is 21.4 Å². The second-order valence-corrected chi connectivity index (χ2v) is 5.71. The molecule has 0 saturated carbocycles. The number of halogens is 1. The third-order valence-corrected chi connectivity index (χ3v) is 4.39. The highest BCUT2D eigenvalue weighted by Crippen LogP contribution is 2.31. The van der Waals surface area contributed by atoms with E-state index in [1.807, 2.05) is 0 Å². The van der Waals surface area contributed by atoms with Gasteiger partial charge in [-0.3, -0.25) is 4.57 Å². The number of hydrogen-bond acceptors (Lipinski definition) is 3. The highest BCUT2D eigenvalue weighted by molar-refractivity contribution is 6.32. The summed E-state index contributed by atoms with van der Waals surface area (Å²) >= 11 is 6.08. The fourth-order valence-electron chi connectivity index (χ4n) is 2.96. The van der Waals surface area contributed by atoms with Gasteiger partial charge in [-0.25, -0.2) is 9.59 Å². The highest BCUT2D eigenvalue weighted by atomic mass is 35.5. The molecule has 0 spiro atoms. The Balaban J connectivity index is 1.99. The van der Waals surface area contributed by atoms with Crippen molar-refractivity contribution in [1.29, 1.82) is 0 Å². The summed E-state index contributed by atoms with van der Waals surface area (Å²) in [5.74, 6) is 0.505. The van der Waals surface area contributed by atoms with Crippen LogP contribution in [0.3, 0.4) is 0 Å². The van der Waals surface area contributed by atoms with E-state index in [9.17, 15) is 9.59 Å².